The summed E-state index contributed by atoms with van der Waals surface area (Å²) in [7, 11) is 3.68. The third-order valence-corrected chi connectivity index (χ3v) is 4.22. The highest BCUT2D eigenvalue weighted by Gasteiger charge is 2.25. The number of hydrogen-bond acceptors (Lipinski definition) is 2. The minimum Gasteiger partial charge on any atom is -0.384 e. The fraction of sp³-hybridized carbons (Fsp3) is 0.929. The van der Waals surface area contributed by atoms with E-state index in [1.54, 1.807) is 7.11 Å². The number of rotatable bonds is 4. The Kier molecular flexibility index (Phi) is 8.06. The number of halogens is 1. The van der Waals surface area contributed by atoms with Gasteiger partial charge in [-0.15, -0.1) is 24.0 Å². The van der Waals surface area contributed by atoms with Crippen molar-refractivity contribution in [2.45, 2.75) is 32.1 Å². The van der Waals surface area contributed by atoms with E-state index in [0.717, 1.165) is 38.1 Å². The molecule has 0 amide bonds. The third kappa shape index (κ3) is 5.10. The molecule has 1 heterocycles. The van der Waals surface area contributed by atoms with Crippen LogP contribution in [-0.2, 0) is 4.74 Å². The number of methoxy groups -OCH3 is 1. The van der Waals surface area contributed by atoms with E-state index in [0.29, 0.717) is 5.92 Å². The fourth-order valence-electron chi connectivity index (χ4n) is 3.18. The van der Waals surface area contributed by atoms with E-state index >= 15 is 0 Å². The molecule has 2 aliphatic rings. The highest BCUT2D eigenvalue weighted by molar-refractivity contribution is 14.0. The van der Waals surface area contributed by atoms with E-state index in [9.17, 15) is 0 Å². The van der Waals surface area contributed by atoms with Crippen LogP contribution in [0, 0.1) is 11.8 Å². The average Bonchev–Trinajstić information content (AvgIpc) is 3.02. The van der Waals surface area contributed by atoms with Gasteiger partial charge in [0.2, 0.25) is 0 Å². The molecular formula is C14H28IN3O. The van der Waals surface area contributed by atoms with E-state index in [1.807, 2.05) is 7.05 Å². The van der Waals surface area contributed by atoms with Crippen LogP contribution >= 0.6 is 24.0 Å². The van der Waals surface area contributed by atoms with Crippen molar-refractivity contribution in [2.75, 3.05) is 40.4 Å². The van der Waals surface area contributed by atoms with Gasteiger partial charge in [0, 0.05) is 39.7 Å². The Labute approximate surface area is 134 Å². The number of aliphatic imine (C=N–C) groups is 1. The van der Waals surface area contributed by atoms with Crippen molar-refractivity contribution in [2.24, 2.45) is 16.8 Å². The predicted molar refractivity (Wildman–Crippen MR) is 90.3 cm³/mol. The summed E-state index contributed by atoms with van der Waals surface area (Å²) < 4.78 is 5.24. The molecule has 1 aliphatic carbocycles. The van der Waals surface area contributed by atoms with E-state index in [1.165, 1.54) is 32.1 Å². The molecule has 0 aromatic carbocycles. The molecule has 5 heteroatoms. The molecule has 2 rings (SSSR count). The van der Waals surface area contributed by atoms with Gasteiger partial charge < -0.3 is 15.0 Å². The third-order valence-electron chi connectivity index (χ3n) is 4.22. The normalized spacial score (nSPS) is 24.6. The molecule has 1 aliphatic heterocycles. The molecule has 0 aromatic heterocycles. The highest BCUT2D eigenvalue weighted by atomic mass is 127. The van der Waals surface area contributed by atoms with Crippen LogP contribution in [0.1, 0.15) is 32.1 Å². The van der Waals surface area contributed by atoms with Crippen LogP contribution in [-0.4, -0.2) is 51.3 Å². The van der Waals surface area contributed by atoms with Crippen LogP contribution < -0.4 is 5.32 Å². The zero-order chi connectivity index (χ0) is 12.8. The molecule has 19 heavy (non-hydrogen) atoms. The lowest BCUT2D eigenvalue weighted by Gasteiger charge is -2.23. The Bertz CT molecular complexity index is 280. The molecule has 2 fully saturated rings. The first-order chi connectivity index (χ1) is 8.83. The minimum atomic E-state index is 0. The molecule has 0 bridgehead atoms. The summed E-state index contributed by atoms with van der Waals surface area (Å²) in [6.07, 6.45) is 6.81. The Morgan fingerprint density at radius 2 is 2.00 bits per heavy atom. The Hall–Kier alpha value is -0.0400. The molecular weight excluding hydrogens is 353 g/mol. The van der Waals surface area contributed by atoms with Gasteiger partial charge in [-0.25, -0.2) is 0 Å². The lowest BCUT2D eigenvalue weighted by Crippen LogP contribution is -2.41. The summed E-state index contributed by atoms with van der Waals surface area (Å²) >= 11 is 0. The summed E-state index contributed by atoms with van der Waals surface area (Å²) in [5.74, 6) is 2.61. The van der Waals surface area contributed by atoms with Crippen LogP contribution in [0.25, 0.3) is 0 Å². The average molecular weight is 381 g/mol. The van der Waals surface area contributed by atoms with Gasteiger partial charge in [0.15, 0.2) is 5.96 Å². The molecule has 0 radical (unpaired) electrons. The molecule has 1 saturated heterocycles. The van der Waals surface area contributed by atoms with Gasteiger partial charge in [-0.2, -0.15) is 0 Å². The van der Waals surface area contributed by atoms with Crippen LogP contribution in [0.5, 0.6) is 0 Å². The second-order valence-corrected chi connectivity index (χ2v) is 5.63. The standard InChI is InChI=1S/C14H27N3O.HI/c1-15-14(16-9-12-5-3-4-6-12)17-8-7-13(10-17)11-18-2;/h12-13H,3-11H2,1-2H3,(H,15,16);1H. The van der Waals surface area contributed by atoms with Crippen LogP contribution in [0.2, 0.25) is 0 Å². The lowest BCUT2D eigenvalue weighted by atomic mass is 10.1. The van der Waals surface area contributed by atoms with Crippen molar-refractivity contribution in [3.05, 3.63) is 0 Å². The smallest absolute Gasteiger partial charge is 0.193 e. The van der Waals surface area contributed by atoms with E-state index < -0.39 is 0 Å². The van der Waals surface area contributed by atoms with Gasteiger partial charge in [-0.05, 0) is 25.2 Å². The monoisotopic (exact) mass is 381 g/mol. The van der Waals surface area contributed by atoms with Crippen molar-refractivity contribution in [3.63, 3.8) is 0 Å². The first kappa shape index (κ1) is 17.0. The topological polar surface area (TPSA) is 36.9 Å². The van der Waals surface area contributed by atoms with Gasteiger partial charge in [-0.3, -0.25) is 4.99 Å². The molecule has 1 saturated carbocycles. The molecule has 1 N–H and O–H groups in total. The van der Waals surface area contributed by atoms with Crippen molar-refractivity contribution in [3.8, 4) is 0 Å². The van der Waals surface area contributed by atoms with Crippen molar-refractivity contribution >= 4 is 29.9 Å². The van der Waals surface area contributed by atoms with Gasteiger partial charge in [0.1, 0.15) is 0 Å². The number of likely N-dealkylation sites (tertiary alicyclic amines) is 1. The maximum atomic E-state index is 5.24. The van der Waals surface area contributed by atoms with Crippen LogP contribution in [0.3, 0.4) is 0 Å². The van der Waals surface area contributed by atoms with E-state index in [4.69, 9.17) is 4.74 Å². The highest BCUT2D eigenvalue weighted by Crippen LogP contribution is 2.24. The number of guanidine groups is 1. The number of ether oxygens (including phenoxy) is 1. The molecule has 4 nitrogen and oxygen atoms in total. The zero-order valence-corrected chi connectivity index (χ0v) is 14.6. The molecule has 1 atom stereocenters. The zero-order valence-electron chi connectivity index (χ0n) is 12.2. The van der Waals surface area contributed by atoms with Crippen molar-refractivity contribution in [1.29, 1.82) is 0 Å². The number of nitrogens with zero attached hydrogens (tertiary/aromatic N) is 2. The van der Waals surface area contributed by atoms with Crippen molar-refractivity contribution in [1.82, 2.24) is 10.2 Å². The van der Waals surface area contributed by atoms with Crippen LogP contribution in [0.15, 0.2) is 4.99 Å². The Balaban J connectivity index is 0.00000180. The molecule has 112 valence electrons. The number of hydrogen-bond donors (Lipinski definition) is 1. The first-order valence-corrected chi connectivity index (χ1v) is 7.28. The summed E-state index contributed by atoms with van der Waals surface area (Å²) in [5, 5.41) is 3.55. The maximum Gasteiger partial charge on any atom is 0.193 e. The number of nitrogens with one attached hydrogen (secondary N) is 1. The largest absolute Gasteiger partial charge is 0.384 e. The first-order valence-electron chi connectivity index (χ1n) is 7.28. The maximum absolute atomic E-state index is 5.24. The van der Waals surface area contributed by atoms with Crippen LogP contribution in [0.4, 0.5) is 0 Å². The summed E-state index contributed by atoms with van der Waals surface area (Å²) in [4.78, 5) is 6.79. The summed E-state index contributed by atoms with van der Waals surface area (Å²) in [6.45, 7) is 4.16. The summed E-state index contributed by atoms with van der Waals surface area (Å²) in [5.41, 5.74) is 0. The fourth-order valence-corrected chi connectivity index (χ4v) is 3.18. The Morgan fingerprint density at radius 3 is 2.63 bits per heavy atom. The molecule has 1 unspecified atom stereocenters. The molecule has 0 aromatic rings. The Morgan fingerprint density at radius 1 is 1.26 bits per heavy atom. The lowest BCUT2D eigenvalue weighted by molar-refractivity contribution is 0.157. The van der Waals surface area contributed by atoms with Gasteiger partial charge >= 0.3 is 0 Å². The van der Waals surface area contributed by atoms with Gasteiger partial charge in [-0.1, -0.05) is 12.8 Å². The van der Waals surface area contributed by atoms with E-state index in [-0.39, 0.29) is 24.0 Å². The van der Waals surface area contributed by atoms with E-state index in [2.05, 4.69) is 15.2 Å². The second kappa shape index (κ2) is 9.00. The predicted octanol–water partition coefficient (Wildman–Crippen LogP) is 2.34. The quantitative estimate of drug-likeness (QED) is 0.462. The summed E-state index contributed by atoms with van der Waals surface area (Å²) in [6, 6.07) is 0. The molecule has 0 spiro atoms. The van der Waals surface area contributed by atoms with Crippen molar-refractivity contribution < 1.29 is 4.74 Å². The second-order valence-electron chi connectivity index (χ2n) is 5.63. The van der Waals surface area contributed by atoms with Gasteiger partial charge in [0.25, 0.3) is 0 Å². The minimum absolute atomic E-state index is 0. The SMILES string of the molecule is CN=C(NCC1CCCC1)N1CCC(COC)C1.I. The van der Waals surface area contributed by atoms with Gasteiger partial charge in [0.05, 0.1) is 6.61 Å².